The molecule has 1 aliphatic heterocycles. The van der Waals surface area contributed by atoms with Crippen LogP contribution in [0.2, 0.25) is 0 Å². The third-order valence-corrected chi connectivity index (χ3v) is 8.62. The van der Waals surface area contributed by atoms with Crippen molar-refractivity contribution < 1.29 is 0 Å². The minimum Gasteiger partial charge on any atom is -0.324 e. The lowest BCUT2D eigenvalue weighted by Crippen LogP contribution is -2.35. The van der Waals surface area contributed by atoms with Crippen LogP contribution in [0.1, 0.15) is 35.6 Å². The molecule has 0 atom stereocenters. The molecule has 226 valence electrons. The van der Waals surface area contributed by atoms with Crippen LogP contribution in [0.3, 0.4) is 0 Å². The van der Waals surface area contributed by atoms with Gasteiger partial charge in [-0.3, -0.25) is 4.57 Å². The maximum absolute atomic E-state index is 5.07. The average Bonchev–Trinajstić information content (AvgIpc) is 3.54. The van der Waals surface area contributed by atoms with Crippen molar-refractivity contribution in [3.05, 3.63) is 180 Å². The molecule has 1 aliphatic rings. The fraction of sp³-hybridized carbons (Fsp3) is 0.0714. The summed E-state index contributed by atoms with van der Waals surface area (Å²) in [5.74, 6) is 2.69. The van der Waals surface area contributed by atoms with Crippen molar-refractivity contribution in [1.29, 1.82) is 0 Å². The fourth-order valence-electron chi connectivity index (χ4n) is 6.25. The van der Waals surface area contributed by atoms with Crippen molar-refractivity contribution in [3.8, 4) is 27.9 Å². The third-order valence-electron chi connectivity index (χ3n) is 8.62. The van der Waals surface area contributed by atoms with E-state index in [1.807, 2.05) is 42.5 Å². The highest BCUT2D eigenvalue weighted by molar-refractivity contribution is 6.15. The van der Waals surface area contributed by atoms with E-state index in [0.29, 0.717) is 0 Å². The number of aliphatic imine (C=N–C) groups is 2. The molecule has 8 rings (SSSR count). The molecule has 6 aromatic carbocycles. The van der Waals surface area contributed by atoms with Gasteiger partial charge in [0, 0.05) is 23.2 Å². The monoisotopic (exact) mass is 607 g/mol. The third kappa shape index (κ3) is 5.64. The number of amidine groups is 2. The first-order valence-electron chi connectivity index (χ1n) is 16.0. The van der Waals surface area contributed by atoms with Gasteiger partial charge < -0.3 is 5.32 Å². The molecule has 5 heteroatoms. The first-order chi connectivity index (χ1) is 23.2. The second-order valence-corrected chi connectivity index (χ2v) is 11.6. The van der Waals surface area contributed by atoms with Gasteiger partial charge in [0.25, 0.3) is 0 Å². The molecule has 7 aromatic rings. The normalized spacial score (nSPS) is 13.2. The molecule has 0 amide bonds. The van der Waals surface area contributed by atoms with Crippen molar-refractivity contribution >= 4 is 22.7 Å². The minimum atomic E-state index is -0.371. The van der Waals surface area contributed by atoms with Crippen LogP contribution in [-0.4, -0.2) is 21.2 Å². The Labute approximate surface area is 274 Å². The molecule has 0 aliphatic carbocycles. The number of nitrogens with zero attached hydrogens (tertiary/aromatic N) is 4. The second-order valence-electron chi connectivity index (χ2n) is 11.6. The Kier molecular flexibility index (Phi) is 7.48. The van der Waals surface area contributed by atoms with Gasteiger partial charge in [0.1, 0.15) is 17.5 Å². The van der Waals surface area contributed by atoms with Gasteiger partial charge in [-0.2, -0.15) is 0 Å². The molecule has 0 saturated heterocycles. The molecule has 5 nitrogen and oxygen atoms in total. The average molecular weight is 608 g/mol. The van der Waals surface area contributed by atoms with Crippen LogP contribution in [0.5, 0.6) is 0 Å². The molecule has 0 fully saturated rings. The zero-order chi connectivity index (χ0) is 31.6. The Hall–Kier alpha value is -6.07. The van der Waals surface area contributed by atoms with Gasteiger partial charge in [-0.25, -0.2) is 15.0 Å². The number of rotatable bonds is 7. The summed E-state index contributed by atoms with van der Waals surface area (Å²) in [4.78, 5) is 15.0. The first-order valence-corrected chi connectivity index (χ1v) is 16.0. The number of imidazole rings is 1. The van der Waals surface area contributed by atoms with Crippen molar-refractivity contribution in [2.24, 2.45) is 9.98 Å². The molecule has 1 N–H and O–H groups in total. The largest absolute Gasteiger partial charge is 0.324 e. The van der Waals surface area contributed by atoms with E-state index in [4.69, 9.17) is 15.0 Å². The SMILES string of the molecule is CCc1nc2ccccc2n1-c1ccc(-c2cccc(-c3cccc(C4N=C(c5ccccc5)NC(c5ccccc5)=N4)c3)c2)cc1. The fourth-order valence-corrected chi connectivity index (χ4v) is 6.25. The lowest BCUT2D eigenvalue weighted by atomic mass is 9.97. The molecule has 47 heavy (non-hydrogen) atoms. The molecular formula is C42H33N5. The van der Waals surface area contributed by atoms with E-state index >= 15 is 0 Å². The summed E-state index contributed by atoms with van der Waals surface area (Å²) in [5.41, 5.74) is 11.0. The lowest BCUT2D eigenvalue weighted by molar-refractivity contribution is 0.756. The van der Waals surface area contributed by atoms with Gasteiger partial charge in [0.2, 0.25) is 0 Å². The standard InChI is InChI=1S/C42H33N5/c1-2-39-43-37-21-9-10-22-38(37)47(39)36-25-23-29(24-26-36)32-17-11-18-33(27-32)34-19-12-20-35(28-34)42-45-40(30-13-5-3-6-14-30)44-41(46-42)31-15-7-4-8-16-31/h3-28,42H,2H2,1H3,(H,44,45,46). The van der Waals surface area contributed by atoms with E-state index in [2.05, 4.69) is 132 Å². The van der Waals surface area contributed by atoms with E-state index in [0.717, 1.165) is 68.5 Å². The molecule has 0 saturated carbocycles. The number of aryl methyl sites for hydroxylation is 1. The maximum Gasteiger partial charge on any atom is 0.169 e. The lowest BCUT2D eigenvalue weighted by Gasteiger charge is -2.22. The number of hydrogen-bond donors (Lipinski definition) is 1. The van der Waals surface area contributed by atoms with Crippen molar-refractivity contribution in [1.82, 2.24) is 14.9 Å². The molecule has 0 radical (unpaired) electrons. The highest BCUT2D eigenvalue weighted by Gasteiger charge is 2.21. The van der Waals surface area contributed by atoms with Crippen LogP contribution < -0.4 is 5.32 Å². The number of hydrogen-bond acceptors (Lipinski definition) is 4. The number of fused-ring (bicyclic) bond motifs is 1. The smallest absolute Gasteiger partial charge is 0.169 e. The van der Waals surface area contributed by atoms with Crippen molar-refractivity contribution in [3.63, 3.8) is 0 Å². The number of para-hydroxylation sites is 2. The summed E-state index contributed by atoms with van der Waals surface area (Å²) in [6.45, 7) is 2.15. The molecule has 0 spiro atoms. The van der Waals surface area contributed by atoms with Gasteiger partial charge in [-0.05, 0) is 64.2 Å². The number of aromatic nitrogens is 2. The van der Waals surface area contributed by atoms with E-state index in [9.17, 15) is 0 Å². The topological polar surface area (TPSA) is 54.6 Å². The molecule has 0 bridgehead atoms. The minimum absolute atomic E-state index is 0.371. The quantitative estimate of drug-likeness (QED) is 0.196. The first kappa shape index (κ1) is 28.4. The molecule has 2 heterocycles. The Morgan fingerprint density at radius 1 is 0.532 bits per heavy atom. The van der Waals surface area contributed by atoms with Crippen LogP contribution in [-0.2, 0) is 6.42 Å². The summed E-state index contributed by atoms with van der Waals surface area (Å²) >= 11 is 0. The Bertz CT molecular complexity index is 2190. The molecule has 1 aromatic heterocycles. The Morgan fingerprint density at radius 3 is 1.74 bits per heavy atom. The maximum atomic E-state index is 5.07. The van der Waals surface area contributed by atoms with Crippen molar-refractivity contribution in [2.75, 3.05) is 0 Å². The van der Waals surface area contributed by atoms with Gasteiger partial charge in [-0.15, -0.1) is 0 Å². The van der Waals surface area contributed by atoms with Crippen LogP contribution in [0.4, 0.5) is 0 Å². The van der Waals surface area contributed by atoms with Crippen LogP contribution in [0, 0.1) is 0 Å². The summed E-state index contributed by atoms with van der Waals surface area (Å²) in [6.07, 6.45) is 0.497. The van der Waals surface area contributed by atoms with Crippen LogP contribution in [0.25, 0.3) is 39.0 Å². The predicted molar refractivity (Wildman–Crippen MR) is 193 cm³/mol. The van der Waals surface area contributed by atoms with Crippen LogP contribution in [0.15, 0.2) is 168 Å². The van der Waals surface area contributed by atoms with Crippen LogP contribution >= 0.6 is 0 Å². The summed E-state index contributed by atoms with van der Waals surface area (Å²) in [7, 11) is 0. The highest BCUT2D eigenvalue weighted by atomic mass is 15.2. The second kappa shape index (κ2) is 12.4. The Balaban J connectivity index is 1.12. The van der Waals surface area contributed by atoms with E-state index in [-0.39, 0.29) is 6.17 Å². The van der Waals surface area contributed by atoms with Gasteiger partial charge in [0.15, 0.2) is 6.17 Å². The molecular weight excluding hydrogens is 574 g/mol. The van der Waals surface area contributed by atoms with Gasteiger partial charge in [-0.1, -0.05) is 128 Å². The number of nitrogens with one attached hydrogen (secondary N) is 1. The summed E-state index contributed by atoms with van der Waals surface area (Å²) in [5, 5.41) is 3.48. The van der Waals surface area contributed by atoms with E-state index in [1.165, 1.54) is 11.1 Å². The zero-order valence-electron chi connectivity index (χ0n) is 26.1. The van der Waals surface area contributed by atoms with Gasteiger partial charge >= 0.3 is 0 Å². The van der Waals surface area contributed by atoms with E-state index < -0.39 is 0 Å². The summed E-state index contributed by atoms with van der Waals surface area (Å²) < 4.78 is 2.26. The van der Waals surface area contributed by atoms with E-state index in [1.54, 1.807) is 0 Å². The highest BCUT2D eigenvalue weighted by Crippen LogP contribution is 2.32. The Morgan fingerprint density at radius 2 is 1.09 bits per heavy atom. The van der Waals surface area contributed by atoms with Gasteiger partial charge in [0.05, 0.1) is 11.0 Å². The number of benzene rings is 6. The zero-order valence-corrected chi connectivity index (χ0v) is 26.1. The van der Waals surface area contributed by atoms with Crippen molar-refractivity contribution in [2.45, 2.75) is 19.5 Å². The molecule has 0 unspecified atom stereocenters. The predicted octanol–water partition coefficient (Wildman–Crippen LogP) is 9.42. The summed E-state index contributed by atoms with van der Waals surface area (Å²) in [6, 6.07) is 54.9.